The van der Waals surface area contributed by atoms with Crippen molar-refractivity contribution in [3.05, 3.63) is 63.6 Å². The van der Waals surface area contributed by atoms with Gasteiger partial charge in [0.05, 0.1) is 6.61 Å². The third-order valence-corrected chi connectivity index (χ3v) is 5.18. The molecule has 28 heavy (non-hydrogen) atoms. The first-order valence-electron chi connectivity index (χ1n) is 8.58. The summed E-state index contributed by atoms with van der Waals surface area (Å²) in [6, 6.07) is 8.36. The molecule has 0 saturated carbocycles. The lowest BCUT2D eigenvalue weighted by Gasteiger charge is -2.34. The van der Waals surface area contributed by atoms with E-state index in [1.807, 2.05) is 11.0 Å². The van der Waals surface area contributed by atoms with Crippen LogP contribution in [0.15, 0.2) is 36.4 Å². The summed E-state index contributed by atoms with van der Waals surface area (Å²) in [4.78, 5) is 1.94. The van der Waals surface area contributed by atoms with Crippen molar-refractivity contribution in [2.75, 3.05) is 26.3 Å². The normalized spacial score (nSPS) is 16.7. The molecule has 0 spiro atoms. The van der Waals surface area contributed by atoms with Gasteiger partial charge in [-0.3, -0.25) is 0 Å². The number of nitrogens with zero attached hydrogens (tertiary/aromatic N) is 1. The van der Waals surface area contributed by atoms with Gasteiger partial charge in [-0.1, -0.05) is 29.3 Å². The van der Waals surface area contributed by atoms with Crippen molar-refractivity contribution in [2.24, 2.45) is 0 Å². The molecule has 0 bridgehead atoms. The molecule has 1 saturated heterocycles. The molecule has 1 aliphatic rings. The summed E-state index contributed by atoms with van der Waals surface area (Å²) in [5, 5.41) is 4.85. The molecule has 1 heterocycles. The molecule has 1 fully saturated rings. The minimum atomic E-state index is -0.619. The standard InChI is InChI=1S/C19H18Cl2F2N2O2S/c20-13-2-1-12(16(21)7-13)9-24-19(28)25-5-6-26-15(10-25)11-27-18-8-14(22)3-4-17(18)23/h1-4,7-8,15H,5-6,9-11H2,(H,24,28). The summed E-state index contributed by atoms with van der Waals surface area (Å²) in [6.45, 7) is 2.08. The first-order chi connectivity index (χ1) is 13.4. The van der Waals surface area contributed by atoms with Gasteiger partial charge in [0, 0.05) is 35.7 Å². The van der Waals surface area contributed by atoms with E-state index in [2.05, 4.69) is 5.32 Å². The maximum Gasteiger partial charge on any atom is 0.169 e. The SMILES string of the molecule is Fc1ccc(F)c(OCC2CN(C(=S)NCc3ccc(Cl)cc3Cl)CCO2)c1. The number of benzene rings is 2. The van der Waals surface area contributed by atoms with Gasteiger partial charge in [0.15, 0.2) is 16.7 Å². The highest BCUT2D eigenvalue weighted by Crippen LogP contribution is 2.21. The first kappa shape index (κ1) is 21.0. The van der Waals surface area contributed by atoms with Crippen LogP contribution in [0.3, 0.4) is 0 Å². The molecule has 9 heteroatoms. The van der Waals surface area contributed by atoms with Gasteiger partial charge in [-0.15, -0.1) is 0 Å². The van der Waals surface area contributed by atoms with Crippen LogP contribution in [-0.4, -0.2) is 42.4 Å². The lowest BCUT2D eigenvalue weighted by atomic mass is 10.2. The number of thiocarbonyl (C=S) groups is 1. The van der Waals surface area contributed by atoms with E-state index >= 15 is 0 Å². The van der Waals surface area contributed by atoms with E-state index < -0.39 is 11.6 Å². The van der Waals surface area contributed by atoms with Crippen LogP contribution < -0.4 is 10.1 Å². The van der Waals surface area contributed by atoms with Crippen LogP contribution in [0.4, 0.5) is 8.78 Å². The molecular formula is C19H18Cl2F2N2O2S. The van der Waals surface area contributed by atoms with E-state index in [9.17, 15) is 8.78 Å². The van der Waals surface area contributed by atoms with Crippen molar-refractivity contribution >= 4 is 40.5 Å². The van der Waals surface area contributed by atoms with Crippen LogP contribution in [-0.2, 0) is 11.3 Å². The Labute approximate surface area is 177 Å². The highest BCUT2D eigenvalue weighted by molar-refractivity contribution is 7.80. The Kier molecular flexibility index (Phi) is 7.29. The Morgan fingerprint density at radius 1 is 1.25 bits per heavy atom. The van der Waals surface area contributed by atoms with Crippen molar-refractivity contribution in [3.8, 4) is 5.75 Å². The Balaban J connectivity index is 1.51. The number of hydrogen-bond acceptors (Lipinski definition) is 3. The van der Waals surface area contributed by atoms with E-state index in [1.54, 1.807) is 12.1 Å². The fourth-order valence-corrected chi connectivity index (χ4v) is 3.44. The highest BCUT2D eigenvalue weighted by Gasteiger charge is 2.23. The summed E-state index contributed by atoms with van der Waals surface area (Å²) < 4.78 is 37.9. The molecule has 0 amide bonds. The lowest BCUT2D eigenvalue weighted by Crippen LogP contribution is -2.50. The van der Waals surface area contributed by atoms with Crippen molar-refractivity contribution < 1.29 is 18.3 Å². The molecule has 0 aromatic heterocycles. The number of ether oxygens (including phenoxy) is 2. The molecule has 4 nitrogen and oxygen atoms in total. The molecule has 2 aromatic rings. The smallest absolute Gasteiger partial charge is 0.169 e. The highest BCUT2D eigenvalue weighted by atomic mass is 35.5. The molecular weight excluding hydrogens is 429 g/mol. The van der Waals surface area contributed by atoms with Crippen LogP contribution >= 0.6 is 35.4 Å². The topological polar surface area (TPSA) is 33.7 Å². The lowest BCUT2D eigenvalue weighted by molar-refractivity contribution is -0.0294. The zero-order chi connectivity index (χ0) is 20.1. The van der Waals surface area contributed by atoms with Gasteiger partial charge in [0.1, 0.15) is 18.5 Å². The third kappa shape index (κ3) is 5.67. The summed E-state index contributed by atoms with van der Waals surface area (Å²) in [5.41, 5.74) is 0.878. The van der Waals surface area contributed by atoms with Gasteiger partial charge in [-0.05, 0) is 42.0 Å². The third-order valence-electron chi connectivity index (χ3n) is 4.19. The maximum atomic E-state index is 13.7. The van der Waals surface area contributed by atoms with Gasteiger partial charge >= 0.3 is 0 Å². The van der Waals surface area contributed by atoms with E-state index in [-0.39, 0.29) is 18.5 Å². The van der Waals surface area contributed by atoms with E-state index in [4.69, 9.17) is 44.9 Å². The number of halogens is 4. The van der Waals surface area contributed by atoms with Crippen molar-refractivity contribution in [1.29, 1.82) is 0 Å². The Morgan fingerprint density at radius 3 is 2.86 bits per heavy atom. The zero-order valence-electron chi connectivity index (χ0n) is 14.8. The minimum absolute atomic E-state index is 0.0858. The second kappa shape index (κ2) is 9.69. The van der Waals surface area contributed by atoms with Crippen LogP contribution in [0.1, 0.15) is 5.56 Å². The molecule has 3 rings (SSSR count). The molecule has 1 atom stereocenters. The molecule has 2 aromatic carbocycles. The average Bonchev–Trinajstić information content (AvgIpc) is 2.68. The molecule has 150 valence electrons. The molecule has 1 unspecified atom stereocenters. The van der Waals surface area contributed by atoms with E-state index in [0.29, 0.717) is 41.4 Å². The molecule has 1 aliphatic heterocycles. The van der Waals surface area contributed by atoms with Gasteiger partial charge < -0.3 is 19.7 Å². The zero-order valence-corrected chi connectivity index (χ0v) is 17.1. The van der Waals surface area contributed by atoms with Gasteiger partial charge in [-0.2, -0.15) is 0 Å². The quantitative estimate of drug-likeness (QED) is 0.687. The van der Waals surface area contributed by atoms with Crippen LogP contribution in [0, 0.1) is 11.6 Å². The summed E-state index contributed by atoms with van der Waals surface area (Å²) in [7, 11) is 0. The fourth-order valence-electron chi connectivity index (χ4n) is 2.72. The summed E-state index contributed by atoms with van der Waals surface area (Å²) >= 11 is 17.5. The molecule has 1 N–H and O–H groups in total. The Bertz CT molecular complexity index is 857. The van der Waals surface area contributed by atoms with Gasteiger partial charge in [0.2, 0.25) is 0 Å². The number of morpholine rings is 1. The number of rotatable bonds is 5. The predicted octanol–water partition coefficient (Wildman–Crippen LogP) is 4.43. The van der Waals surface area contributed by atoms with Crippen molar-refractivity contribution in [2.45, 2.75) is 12.6 Å². The van der Waals surface area contributed by atoms with Gasteiger partial charge in [-0.25, -0.2) is 8.78 Å². The number of hydrogen-bond donors (Lipinski definition) is 1. The summed E-state index contributed by atoms with van der Waals surface area (Å²) in [5.74, 6) is -1.32. The largest absolute Gasteiger partial charge is 0.488 e. The molecule has 0 radical (unpaired) electrons. The van der Waals surface area contributed by atoms with Crippen molar-refractivity contribution in [1.82, 2.24) is 10.2 Å². The van der Waals surface area contributed by atoms with Crippen molar-refractivity contribution in [3.63, 3.8) is 0 Å². The minimum Gasteiger partial charge on any atom is -0.488 e. The van der Waals surface area contributed by atoms with Gasteiger partial charge in [0.25, 0.3) is 0 Å². The Morgan fingerprint density at radius 2 is 2.07 bits per heavy atom. The number of nitrogens with one attached hydrogen (secondary N) is 1. The monoisotopic (exact) mass is 446 g/mol. The average molecular weight is 447 g/mol. The molecule has 0 aliphatic carbocycles. The Hall–Kier alpha value is -1.67. The fraction of sp³-hybridized carbons (Fsp3) is 0.316. The van der Waals surface area contributed by atoms with E-state index in [1.165, 1.54) is 0 Å². The van der Waals surface area contributed by atoms with Crippen LogP contribution in [0.5, 0.6) is 5.75 Å². The predicted molar refractivity (Wildman–Crippen MR) is 109 cm³/mol. The first-order valence-corrected chi connectivity index (χ1v) is 9.75. The van der Waals surface area contributed by atoms with Crippen LogP contribution in [0.2, 0.25) is 10.0 Å². The maximum absolute atomic E-state index is 13.7. The second-order valence-electron chi connectivity index (χ2n) is 6.22. The summed E-state index contributed by atoms with van der Waals surface area (Å²) in [6.07, 6.45) is -0.324. The van der Waals surface area contributed by atoms with Crippen LogP contribution in [0.25, 0.3) is 0 Å². The second-order valence-corrected chi connectivity index (χ2v) is 7.45. The van der Waals surface area contributed by atoms with E-state index in [0.717, 1.165) is 23.8 Å².